The van der Waals surface area contributed by atoms with Gasteiger partial charge in [-0.1, -0.05) is 39.3 Å². The van der Waals surface area contributed by atoms with Gasteiger partial charge in [-0.3, -0.25) is 19.0 Å². The van der Waals surface area contributed by atoms with Crippen molar-refractivity contribution in [3.63, 3.8) is 0 Å². The molecule has 2 fully saturated rings. The first-order chi connectivity index (χ1) is 19.5. The molecule has 1 aliphatic carbocycles. The fourth-order valence-corrected chi connectivity index (χ4v) is 4.91. The smallest absolute Gasteiger partial charge is 0.410 e. The summed E-state index contributed by atoms with van der Waals surface area (Å²) in [6.45, 7) is 13.8. The van der Waals surface area contributed by atoms with Crippen molar-refractivity contribution in [1.29, 1.82) is 0 Å². The fraction of sp³-hybridized carbons (Fsp3) is 0.571. The topological polar surface area (TPSA) is 148 Å². The molecule has 3 amide bonds. The molecule has 0 bridgehead atoms. The molecule has 4 heterocycles. The summed E-state index contributed by atoms with van der Waals surface area (Å²) in [6, 6.07) is 2.88. The predicted molar refractivity (Wildman–Crippen MR) is 158 cm³/mol. The number of rotatable bonds is 4. The third kappa shape index (κ3) is 7.16. The maximum absolute atomic E-state index is 13.7. The van der Waals surface area contributed by atoms with Crippen LogP contribution in [0.15, 0.2) is 23.3 Å². The highest BCUT2D eigenvalue weighted by Gasteiger charge is 2.49. The lowest BCUT2D eigenvalue weighted by Crippen LogP contribution is -2.59. The number of nitrogens with zero attached hydrogens (tertiary/aromatic N) is 4. The predicted octanol–water partition coefficient (Wildman–Crippen LogP) is 4.86. The zero-order valence-electron chi connectivity index (χ0n) is 24.8. The van der Waals surface area contributed by atoms with Gasteiger partial charge in [0.25, 0.3) is 11.5 Å². The molecule has 3 aliphatic rings. The molecule has 1 spiro atoms. The van der Waals surface area contributed by atoms with E-state index in [1.54, 1.807) is 20.8 Å². The van der Waals surface area contributed by atoms with Crippen molar-refractivity contribution in [3.05, 3.63) is 39.5 Å². The largest absolute Gasteiger partial charge is 0.444 e. The van der Waals surface area contributed by atoms with Gasteiger partial charge in [0.2, 0.25) is 5.91 Å². The third-order valence-electron chi connectivity index (χ3n) is 6.40. The molecule has 1 saturated carbocycles. The van der Waals surface area contributed by atoms with E-state index in [0.29, 0.717) is 25.2 Å². The Morgan fingerprint density at radius 3 is 2.39 bits per heavy atom. The van der Waals surface area contributed by atoms with Gasteiger partial charge < -0.3 is 25.6 Å². The number of halogens is 1. The summed E-state index contributed by atoms with van der Waals surface area (Å²) >= 11 is 6.48. The van der Waals surface area contributed by atoms with Gasteiger partial charge in [-0.2, -0.15) is 0 Å². The monoisotopic (exact) mass is 589 g/mol. The Morgan fingerprint density at radius 1 is 1.10 bits per heavy atom. The van der Waals surface area contributed by atoms with Crippen molar-refractivity contribution in [2.24, 2.45) is 5.92 Å². The van der Waals surface area contributed by atoms with E-state index in [0.717, 1.165) is 12.8 Å². The van der Waals surface area contributed by atoms with Gasteiger partial charge >= 0.3 is 6.09 Å². The highest BCUT2D eigenvalue weighted by molar-refractivity contribution is 6.34. The second kappa shape index (κ2) is 12.9. The number of amides is 3. The number of ether oxygens (including phenoxy) is 1. The van der Waals surface area contributed by atoms with E-state index in [1.807, 2.05) is 27.7 Å². The summed E-state index contributed by atoms with van der Waals surface area (Å²) in [5.41, 5.74) is -2.26. The molecule has 2 aromatic rings. The van der Waals surface area contributed by atoms with Crippen LogP contribution in [0.5, 0.6) is 0 Å². The van der Waals surface area contributed by atoms with Crippen molar-refractivity contribution < 1.29 is 19.1 Å². The number of carbonyl (C=O) groups excluding carboxylic acids is 3. The maximum Gasteiger partial charge on any atom is 0.410 e. The number of fused-ring (bicyclic) bond motifs is 2. The maximum atomic E-state index is 13.7. The number of nitrogens with one attached hydrogen (secondary N) is 3. The van der Waals surface area contributed by atoms with Crippen LogP contribution in [-0.4, -0.2) is 56.0 Å². The zero-order valence-corrected chi connectivity index (χ0v) is 25.5. The molecule has 13 heteroatoms. The van der Waals surface area contributed by atoms with Gasteiger partial charge in [0.05, 0.1) is 11.6 Å². The number of likely N-dealkylation sites (tertiary alicyclic amines) is 1. The van der Waals surface area contributed by atoms with Gasteiger partial charge in [-0.25, -0.2) is 14.8 Å². The van der Waals surface area contributed by atoms with E-state index in [9.17, 15) is 19.2 Å². The quantitative estimate of drug-likeness (QED) is 0.458. The molecular weight excluding hydrogens is 550 g/mol. The lowest BCUT2D eigenvalue weighted by atomic mass is 9.98. The molecule has 0 aromatic carbocycles. The first-order valence-corrected chi connectivity index (χ1v) is 14.5. The SMILES string of the molecule is CC.CC.CC(C)(C)OC(=O)N1CCCC2(C1)NC(=O)c1c(Cl)cc(Nc3cc(NC(=O)C4CC4)ncn3)c(=O)n12. The lowest BCUT2D eigenvalue weighted by Gasteiger charge is -2.41. The zero-order chi connectivity index (χ0) is 30.5. The van der Waals surface area contributed by atoms with Crippen molar-refractivity contribution >= 4 is 46.8 Å². The average molecular weight is 590 g/mol. The number of hydrogen-bond acceptors (Lipinski definition) is 8. The summed E-state index contributed by atoms with van der Waals surface area (Å²) in [7, 11) is 0. The first kappa shape index (κ1) is 31.9. The van der Waals surface area contributed by atoms with Crippen molar-refractivity contribution in [2.45, 2.75) is 85.4 Å². The highest BCUT2D eigenvalue weighted by Crippen LogP contribution is 2.35. The minimum Gasteiger partial charge on any atom is -0.444 e. The van der Waals surface area contributed by atoms with Crippen LogP contribution >= 0.6 is 11.6 Å². The number of hydrogen-bond donors (Lipinski definition) is 3. The molecule has 224 valence electrons. The Labute approximate surface area is 245 Å². The van der Waals surface area contributed by atoms with Crippen LogP contribution in [-0.2, 0) is 15.2 Å². The summed E-state index contributed by atoms with van der Waals surface area (Å²) in [5.74, 6) is -0.0329. The van der Waals surface area contributed by atoms with Crippen LogP contribution in [0, 0.1) is 5.92 Å². The number of anilines is 3. The minimum atomic E-state index is -1.17. The average Bonchev–Trinajstić information content (AvgIpc) is 3.74. The van der Waals surface area contributed by atoms with Crippen LogP contribution in [0.3, 0.4) is 0 Å². The molecule has 12 nitrogen and oxygen atoms in total. The van der Waals surface area contributed by atoms with Gasteiger partial charge in [-0.05, 0) is 52.5 Å². The molecule has 41 heavy (non-hydrogen) atoms. The van der Waals surface area contributed by atoms with E-state index in [1.165, 1.54) is 27.9 Å². The van der Waals surface area contributed by atoms with E-state index in [-0.39, 0.29) is 40.6 Å². The Bertz CT molecular complexity index is 1350. The second-order valence-corrected chi connectivity index (χ2v) is 11.0. The Morgan fingerprint density at radius 2 is 1.76 bits per heavy atom. The standard InChI is InChI=1S/C24H28ClN7O5.2C2H6/c1-23(2,3)37-22(36)31-8-4-7-24(11-31)30-20(34)18-14(25)9-15(21(35)32(18)24)28-16-10-17(27-12-26-16)29-19(33)13-5-6-13;2*1-2/h9-10,12-13H,4-8,11H2,1-3H3,(H,30,34)(H2,26,27,28,29,33);2*1-2H3. The number of carbonyl (C=O) groups is 3. The number of piperidine rings is 1. The van der Waals surface area contributed by atoms with Crippen LogP contribution < -0.4 is 21.5 Å². The molecular formula is C28H40ClN7O5. The Balaban J connectivity index is 0.00000111. The molecule has 3 N–H and O–H groups in total. The van der Waals surface area contributed by atoms with Crippen LogP contribution in [0.1, 0.15) is 84.6 Å². The summed E-state index contributed by atoms with van der Waals surface area (Å²) < 4.78 is 6.84. The van der Waals surface area contributed by atoms with E-state index in [2.05, 4.69) is 25.9 Å². The van der Waals surface area contributed by atoms with Crippen molar-refractivity contribution in [3.8, 4) is 0 Å². The third-order valence-corrected chi connectivity index (χ3v) is 6.68. The molecule has 0 radical (unpaired) electrons. The minimum absolute atomic E-state index is 0.00324. The fourth-order valence-electron chi connectivity index (χ4n) is 4.63. The van der Waals surface area contributed by atoms with Gasteiger partial charge in [0, 0.05) is 18.5 Å². The van der Waals surface area contributed by atoms with Crippen LogP contribution in [0.4, 0.5) is 22.1 Å². The molecule has 1 atom stereocenters. The summed E-state index contributed by atoms with van der Waals surface area (Å²) in [4.78, 5) is 61.2. The lowest BCUT2D eigenvalue weighted by molar-refractivity contribution is -0.117. The first-order valence-electron chi connectivity index (χ1n) is 14.1. The summed E-state index contributed by atoms with van der Waals surface area (Å²) in [6.07, 6.45) is 3.42. The van der Waals surface area contributed by atoms with E-state index < -0.39 is 28.8 Å². The highest BCUT2D eigenvalue weighted by atomic mass is 35.5. The normalized spacial score (nSPS) is 19.1. The number of pyridine rings is 1. The number of aromatic nitrogens is 3. The van der Waals surface area contributed by atoms with Gasteiger partial charge in [0.1, 0.15) is 40.6 Å². The second-order valence-electron chi connectivity index (χ2n) is 10.6. The van der Waals surface area contributed by atoms with Crippen molar-refractivity contribution in [2.75, 3.05) is 23.7 Å². The van der Waals surface area contributed by atoms with E-state index in [4.69, 9.17) is 16.3 Å². The Kier molecular flexibility index (Phi) is 10.0. The molecule has 1 unspecified atom stereocenters. The summed E-state index contributed by atoms with van der Waals surface area (Å²) in [5, 5.41) is 8.64. The molecule has 1 saturated heterocycles. The van der Waals surface area contributed by atoms with Gasteiger partial charge in [0.15, 0.2) is 0 Å². The van der Waals surface area contributed by atoms with Crippen molar-refractivity contribution in [1.82, 2.24) is 24.8 Å². The van der Waals surface area contributed by atoms with Crippen LogP contribution in [0.25, 0.3) is 0 Å². The van der Waals surface area contributed by atoms with Crippen LogP contribution in [0.2, 0.25) is 5.02 Å². The molecule has 5 rings (SSSR count). The molecule has 2 aliphatic heterocycles. The van der Waals surface area contributed by atoms with Gasteiger partial charge in [-0.15, -0.1) is 0 Å². The van der Waals surface area contributed by atoms with E-state index >= 15 is 0 Å². The Hall–Kier alpha value is -3.67. The molecule has 2 aromatic heterocycles.